The fourth-order valence-corrected chi connectivity index (χ4v) is 2.01. The predicted octanol–water partition coefficient (Wildman–Crippen LogP) is 1.26. The average molecular weight is 242 g/mol. The maximum atomic E-state index is 11.6. The van der Waals surface area contributed by atoms with Crippen molar-refractivity contribution in [1.82, 2.24) is 10.2 Å². The van der Waals surface area contributed by atoms with Crippen molar-refractivity contribution in [2.24, 2.45) is 5.92 Å². The second-order valence-electron chi connectivity index (χ2n) is 5.46. The van der Waals surface area contributed by atoms with Gasteiger partial charge in [-0.2, -0.15) is 0 Å². The normalized spacial score (nSPS) is 17.5. The highest BCUT2D eigenvalue weighted by Gasteiger charge is 2.28. The molecule has 0 aromatic heterocycles. The van der Waals surface area contributed by atoms with Crippen LogP contribution in [0.5, 0.6) is 0 Å². The van der Waals surface area contributed by atoms with Crippen LogP contribution in [0.4, 0.5) is 0 Å². The van der Waals surface area contributed by atoms with E-state index in [2.05, 4.69) is 31.1 Å². The Morgan fingerprint density at radius 3 is 2.59 bits per heavy atom. The Bertz CT molecular complexity index is 240. The van der Waals surface area contributed by atoms with E-state index in [0.717, 1.165) is 19.5 Å². The topological polar surface area (TPSA) is 41.6 Å². The zero-order chi connectivity index (χ0) is 12.8. The number of carbonyl (C=O) groups excluding carboxylic acids is 1. The fourth-order valence-electron chi connectivity index (χ4n) is 2.01. The Kier molecular flexibility index (Phi) is 5.92. The number of ether oxygens (including phenoxy) is 1. The third-order valence-corrected chi connectivity index (χ3v) is 2.98. The van der Waals surface area contributed by atoms with E-state index in [1.807, 2.05) is 0 Å². The summed E-state index contributed by atoms with van der Waals surface area (Å²) in [6.07, 6.45) is 3.21. The van der Waals surface area contributed by atoms with Crippen LogP contribution >= 0.6 is 0 Å². The van der Waals surface area contributed by atoms with Gasteiger partial charge < -0.3 is 15.0 Å². The standard InChI is InChI=1S/C13H26N2O2/c1-10(2)9-15(3)8-7-12(13(16)17-4)14-11-5-6-11/h10-12,14H,5-9H2,1-4H3. The number of methoxy groups -OCH3 is 1. The molecule has 0 aromatic rings. The summed E-state index contributed by atoms with van der Waals surface area (Å²) < 4.78 is 4.83. The van der Waals surface area contributed by atoms with Crippen molar-refractivity contribution in [3.8, 4) is 0 Å². The quantitative estimate of drug-likeness (QED) is 0.651. The van der Waals surface area contributed by atoms with E-state index in [-0.39, 0.29) is 12.0 Å². The van der Waals surface area contributed by atoms with Gasteiger partial charge in [-0.25, -0.2) is 0 Å². The first-order valence-corrected chi connectivity index (χ1v) is 6.55. The van der Waals surface area contributed by atoms with E-state index in [9.17, 15) is 4.79 Å². The fraction of sp³-hybridized carbons (Fsp3) is 0.923. The first-order chi connectivity index (χ1) is 8.02. The number of carbonyl (C=O) groups is 1. The molecule has 1 fully saturated rings. The molecule has 1 aliphatic carbocycles. The van der Waals surface area contributed by atoms with Gasteiger partial charge in [-0.05, 0) is 38.8 Å². The summed E-state index contributed by atoms with van der Waals surface area (Å²) in [5.41, 5.74) is 0. The molecule has 0 amide bonds. The minimum Gasteiger partial charge on any atom is -0.468 e. The van der Waals surface area contributed by atoms with Gasteiger partial charge in [0.2, 0.25) is 0 Å². The van der Waals surface area contributed by atoms with Gasteiger partial charge in [-0.3, -0.25) is 4.79 Å². The van der Waals surface area contributed by atoms with Gasteiger partial charge in [0.1, 0.15) is 6.04 Å². The van der Waals surface area contributed by atoms with Crippen LogP contribution in [0.15, 0.2) is 0 Å². The third-order valence-electron chi connectivity index (χ3n) is 2.98. The van der Waals surface area contributed by atoms with E-state index in [0.29, 0.717) is 12.0 Å². The third kappa shape index (κ3) is 6.03. The van der Waals surface area contributed by atoms with Gasteiger partial charge in [-0.15, -0.1) is 0 Å². The van der Waals surface area contributed by atoms with Crippen molar-refractivity contribution in [2.75, 3.05) is 27.2 Å². The summed E-state index contributed by atoms with van der Waals surface area (Å²) in [7, 11) is 3.56. The molecule has 4 heteroatoms. The van der Waals surface area contributed by atoms with Crippen molar-refractivity contribution in [3.05, 3.63) is 0 Å². The number of esters is 1. The first-order valence-electron chi connectivity index (χ1n) is 6.55. The molecule has 1 N–H and O–H groups in total. The Balaban J connectivity index is 2.29. The molecule has 100 valence electrons. The van der Waals surface area contributed by atoms with Crippen LogP contribution in [-0.4, -0.2) is 50.2 Å². The number of nitrogens with zero attached hydrogens (tertiary/aromatic N) is 1. The first kappa shape index (κ1) is 14.5. The number of rotatable bonds is 8. The monoisotopic (exact) mass is 242 g/mol. The van der Waals surface area contributed by atoms with Gasteiger partial charge in [0.25, 0.3) is 0 Å². The summed E-state index contributed by atoms with van der Waals surface area (Å²) in [6, 6.07) is 0.400. The van der Waals surface area contributed by atoms with Crippen LogP contribution in [0.1, 0.15) is 33.1 Å². The van der Waals surface area contributed by atoms with Crippen molar-refractivity contribution >= 4 is 5.97 Å². The van der Waals surface area contributed by atoms with Crippen LogP contribution < -0.4 is 5.32 Å². The van der Waals surface area contributed by atoms with Gasteiger partial charge in [0.05, 0.1) is 7.11 Å². The van der Waals surface area contributed by atoms with Gasteiger partial charge >= 0.3 is 5.97 Å². The summed E-state index contributed by atoms with van der Waals surface area (Å²) in [5.74, 6) is 0.530. The minimum atomic E-state index is -0.137. The SMILES string of the molecule is COC(=O)C(CCN(C)CC(C)C)NC1CC1. The van der Waals surface area contributed by atoms with E-state index in [4.69, 9.17) is 4.74 Å². The molecule has 0 aromatic carbocycles. The lowest BCUT2D eigenvalue weighted by Gasteiger charge is -2.22. The van der Waals surface area contributed by atoms with E-state index in [1.54, 1.807) is 0 Å². The highest BCUT2D eigenvalue weighted by molar-refractivity contribution is 5.75. The van der Waals surface area contributed by atoms with Gasteiger partial charge in [0.15, 0.2) is 0 Å². The molecule has 4 nitrogen and oxygen atoms in total. The van der Waals surface area contributed by atoms with Crippen molar-refractivity contribution in [3.63, 3.8) is 0 Å². The molecular weight excluding hydrogens is 216 g/mol. The van der Waals surface area contributed by atoms with Crippen molar-refractivity contribution in [2.45, 2.75) is 45.2 Å². The predicted molar refractivity (Wildman–Crippen MR) is 68.9 cm³/mol. The molecule has 17 heavy (non-hydrogen) atoms. The zero-order valence-electron chi connectivity index (χ0n) is 11.5. The Labute approximate surface area is 105 Å². The van der Waals surface area contributed by atoms with E-state index < -0.39 is 0 Å². The maximum absolute atomic E-state index is 11.6. The largest absolute Gasteiger partial charge is 0.468 e. The molecule has 1 rings (SSSR count). The molecule has 1 atom stereocenters. The van der Waals surface area contributed by atoms with Crippen LogP contribution in [0.2, 0.25) is 0 Å². The number of hydrogen-bond donors (Lipinski definition) is 1. The Morgan fingerprint density at radius 2 is 2.12 bits per heavy atom. The lowest BCUT2D eigenvalue weighted by molar-refractivity contribution is -0.143. The minimum absolute atomic E-state index is 0.130. The zero-order valence-corrected chi connectivity index (χ0v) is 11.5. The Morgan fingerprint density at radius 1 is 1.47 bits per heavy atom. The lowest BCUT2D eigenvalue weighted by atomic mass is 10.1. The molecule has 0 heterocycles. The number of hydrogen-bond acceptors (Lipinski definition) is 4. The number of nitrogens with one attached hydrogen (secondary N) is 1. The molecule has 0 bridgehead atoms. The molecule has 0 saturated heterocycles. The van der Waals surface area contributed by atoms with E-state index in [1.165, 1.54) is 20.0 Å². The maximum Gasteiger partial charge on any atom is 0.322 e. The molecular formula is C13H26N2O2. The van der Waals surface area contributed by atoms with E-state index >= 15 is 0 Å². The van der Waals surface area contributed by atoms with Crippen LogP contribution in [-0.2, 0) is 9.53 Å². The van der Waals surface area contributed by atoms with Gasteiger partial charge in [0, 0.05) is 12.6 Å². The molecule has 0 spiro atoms. The highest BCUT2D eigenvalue weighted by atomic mass is 16.5. The van der Waals surface area contributed by atoms with Crippen LogP contribution in [0, 0.1) is 5.92 Å². The van der Waals surface area contributed by atoms with Crippen molar-refractivity contribution < 1.29 is 9.53 Å². The summed E-state index contributed by atoms with van der Waals surface area (Å²) in [6.45, 7) is 6.41. The molecule has 1 unspecified atom stereocenters. The molecule has 1 aliphatic rings. The highest BCUT2D eigenvalue weighted by Crippen LogP contribution is 2.20. The van der Waals surface area contributed by atoms with Crippen molar-refractivity contribution in [1.29, 1.82) is 0 Å². The smallest absolute Gasteiger partial charge is 0.322 e. The van der Waals surface area contributed by atoms with Crippen LogP contribution in [0.3, 0.4) is 0 Å². The lowest BCUT2D eigenvalue weighted by Crippen LogP contribution is -2.41. The molecule has 0 radical (unpaired) electrons. The summed E-state index contributed by atoms with van der Waals surface area (Å²) in [5, 5.41) is 3.35. The summed E-state index contributed by atoms with van der Waals surface area (Å²) in [4.78, 5) is 13.9. The second kappa shape index (κ2) is 6.97. The molecule has 0 aliphatic heterocycles. The Hall–Kier alpha value is -0.610. The average Bonchev–Trinajstić information content (AvgIpc) is 3.05. The summed E-state index contributed by atoms with van der Waals surface area (Å²) >= 11 is 0. The van der Waals surface area contributed by atoms with Gasteiger partial charge in [-0.1, -0.05) is 13.8 Å². The molecule has 1 saturated carbocycles. The second-order valence-corrected chi connectivity index (χ2v) is 5.46. The van der Waals surface area contributed by atoms with Crippen LogP contribution in [0.25, 0.3) is 0 Å².